The molecule has 0 radical (unpaired) electrons. The molecule has 29 heavy (non-hydrogen) atoms. The van der Waals surface area contributed by atoms with Crippen molar-refractivity contribution in [1.82, 2.24) is 4.90 Å². The van der Waals surface area contributed by atoms with Gasteiger partial charge in [-0.15, -0.1) is 0 Å². The van der Waals surface area contributed by atoms with E-state index < -0.39 is 0 Å². The fourth-order valence-corrected chi connectivity index (χ4v) is 5.96. The number of benzene rings is 3. The van der Waals surface area contributed by atoms with Crippen LogP contribution in [0.5, 0.6) is 0 Å². The predicted octanol–water partition coefficient (Wildman–Crippen LogP) is 6.55. The Balaban J connectivity index is 1.38. The van der Waals surface area contributed by atoms with E-state index in [-0.39, 0.29) is 0 Å². The first kappa shape index (κ1) is 17.2. The molecule has 144 valence electrons. The molecular formula is C28H27N. The highest BCUT2D eigenvalue weighted by Crippen LogP contribution is 2.51. The van der Waals surface area contributed by atoms with Gasteiger partial charge in [-0.1, -0.05) is 96.9 Å². The van der Waals surface area contributed by atoms with Crippen molar-refractivity contribution in [1.29, 1.82) is 0 Å². The maximum absolute atomic E-state index is 2.77. The normalized spacial score (nSPS) is 23.4. The van der Waals surface area contributed by atoms with Crippen LogP contribution in [0.4, 0.5) is 0 Å². The van der Waals surface area contributed by atoms with Gasteiger partial charge in [0.15, 0.2) is 0 Å². The third-order valence-corrected chi connectivity index (χ3v) is 7.22. The molecule has 0 aromatic heterocycles. The number of hydrogen-bond donors (Lipinski definition) is 0. The van der Waals surface area contributed by atoms with Crippen molar-refractivity contribution in [3.8, 4) is 11.1 Å². The van der Waals surface area contributed by atoms with Gasteiger partial charge < -0.3 is 0 Å². The molecule has 3 aliphatic rings. The van der Waals surface area contributed by atoms with Crippen molar-refractivity contribution in [3.05, 3.63) is 107 Å². The number of rotatable bonds is 3. The van der Waals surface area contributed by atoms with E-state index in [1.54, 1.807) is 5.57 Å². The molecule has 0 amide bonds. The van der Waals surface area contributed by atoms with E-state index in [1.165, 1.54) is 53.5 Å². The molecule has 2 heterocycles. The second-order valence-electron chi connectivity index (χ2n) is 8.86. The van der Waals surface area contributed by atoms with Crippen LogP contribution < -0.4 is 0 Å². The van der Waals surface area contributed by atoms with Crippen LogP contribution in [0.1, 0.15) is 48.3 Å². The molecule has 2 bridgehead atoms. The fourth-order valence-electron chi connectivity index (χ4n) is 5.96. The lowest BCUT2D eigenvalue weighted by Crippen LogP contribution is -2.48. The van der Waals surface area contributed by atoms with Gasteiger partial charge in [-0.2, -0.15) is 0 Å². The minimum Gasteiger partial charge on any atom is -0.289 e. The Labute approximate surface area is 173 Å². The molecule has 3 aromatic carbocycles. The summed E-state index contributed by atoms with van der Waals surface area (Å²) in [4.78, 5) is 2.77. The van der Waals surface area contributed by atoms with E-state index >= 15 is 0 Å². The Morgan fingerprint density at radius 3 is 2.07 bits per heavy atom. The van der Waals surface area contributed by atoms with Gasteiger partial charge >= 0.3 is 0 Å². The Bertz CT molecular complexity index is 1020. The van der Waals surface area contributed by atoms with Crippen LogP contribution in [0.15, 0.2) is 90.5 Å². The van der Waals surface area contributed by atoms with Crippen molar-refractivity contribution in [3.63, 3.8) is 0 Å². The van der Waals surface area contributed by atoms with Crippen molar-refractivity contribution < 1.29 is 0 Å². The van der Waals surface area contributed by atoms with E-state index in [0.29, 0.717) is 18.0 Å². The second kappa shape index (κ2) is 7.00. The van der Waals surface area contributed by atoms with Gasteiger partial charge in [0.25, 0.3) is 0 Å². The predicted molar refractivity (Wildman–Crippen MR) is 120 cm³/mol. The van der Waals surface area contributed by atoms with Gasteiger partial charge in [0.05, 0.1) is 0 Å². The van der Waals surface area contributed by atoms with Crippen LogP contribution >= 0.6 is 0 Å². The second-order valence-corrected chi connectivity index (χ2v) is 8.86. The highest BCUT2D eigenvalue weighted by Gasteiger charge is 2.38. The van der Waals surface area contributed by atoms with E-state index in [0.717, 1.165) is 6.54 Å². The standard InChI is InChI=1S/C28H27N/c1-2-9-20(10-3-1)19-29-22-11-8-12-23(29)18-21(17-22)28-26-15-6-4-13-24(26)25-14-5-7-16-27(25)28/h1-7,9-10,13-17,22-23,28H,8,11-12,18-19H2. The molecule has 2 atom stereocenters. The monoisotopic (exact) mass is 377 g/mol. The summed E-state index contributed by atoms with van der Waals surface area (Å²) in [7, 11) is 0. The summed E-state index contributed by atoms with van der Waals surface area (Å²) in [6.45, 7) is 1.08. The fraction of sp³-hybridized carbons (Fsp3) is 0.286. The molecule has 2 unspecified atom stereocenters. The third kappa shape index (κ3) is 2.88. The van der Waals surface area contributed by atoms with Gasteiger partial charge in [0.1, 0.15) is 0 Å². The lowest BCUT2D eigenvalue weighted by atomic mass is 9.77. The van der Waals surface area contributed by atoms with Crippen LogP contribution in [0.3, 0.4) is 0 Å². The van der Waals surface area contributed by atoms with Crippen molar-refractivity contribution in [2.24, 2.45) is 0 Å². The zero-order valence-electron chi connectivity index (χ0n) is 16.8. The minimum absolute atomic E-state index is 0.448. The molecule has 1 aliphatic carbocycles. The van der Waals surface area contributed by atoms with Crippen molar-refractivity contribution in [2.75, 3.05) is 0 Å². The van der Waals surface area contributed by atoms with Crippen LogP contribution in [-0.2, 0) is 6.54 Å². The zero-order chi connectivity index (χ0) is 19.2. The zero-order valence-corrected chi connectivity index (χ0v) is 16.8. The first-order valence-electron chi connectivity index (χ1n) is 11.1. The molecule has 1 heteroatoms. The third-order valence-electron chi connectivity index (χ3n) is 7.22. The first-order chi connectivity index (χ1) is 14.4. The summed E-state index contributed by atoms with van der Waals surface area (Å²) >= 11 is 0. The molecule has 1 saturated heterocycles. The van der Waals surface area contributed by atoms with E-state index in [4.69, 9.17) is 0 Å². The quantitative estimate of drug-likeness (QED) is 0.468. The number of piperidine rings is 1. The summed E-state index contributed by atoms with van der Waals surface area (Å²) < 4.78 is 0. The van der Waals surface area contributed by atoms with Crippen molar-refractivity contribution in [2.45, 2.75) is 50.2 Å². The average molecular weight is 378 g/mol. The lowest BCUT2D eigenvalue weighted by Gasteiger charge is -2.46. The molecule has 0 spiro atoms. The van der Waals surface area contributed by atoms with Crippen LogP contribution in [0.2, 0.25) is 0 Å². The minimum atomic E-state index is 0.448. The summed E-state index contributed by atoms with van der Waals surface area (Å²) in [6.07, 6.45) is 7.83. The summed E-state index contributed by atoms with van der Waals surface area (Å²) in [5.74, 6) is 0.448. The van der Waals surface area contributed by atoms with Gasteiger partial charge in [0, 0.05) is 24.5 Å². The number of hydrogen-bond acceptors (Lipinski definition) is 1. The Hall–Kier alpha value is -2.64. The Kier molecular flexibility index (Phi) is 4.16. The average Bonchev–Trinajstić information content (AvgIpc) is 3.09. The van der Waals surface area contributed by atoms with E-state index in [2.05, 4.69) is 89.8 Å². The molecular weight excluding hydrogens is 350 g/mol. The van der Waals surface area contributed by atoms with Crippen molar-refractivity contribution >= 4 is 0 Å². The number of fused-ring (bicyclic) bond motifs is 5. The van der Waals surface area contributed by atoms with E-state index in [1.807, 2.05) is 0 Å². The van der Waals surface area contributed by atoms with Gasteiger partial charge in [0.2, 0.25) is 0 Å². The Morgan fingerprint density at radius 2 is 1.38 bits per heavy atom. The molecule has 3 aromatic rings. The highest BCUT2D eigenvalue weighted by atomic mass is 15.2. The summed E-state index contributed by atoms with van der Waals surface area (Å²) in [6, 6.07) is 30.4. The van der Waals surface area contributed by atoms with Crippen LogP contribution in [-0.4, -0.2) is 17.0 Å². The van der Waals surface area contributed by atoms with Gasteiger partial charge in [-0.25, -0.2) is 0 Å². The first-order valence-corrected chi connectivity index (χ1v) is 11.1. The Morgan fingerprint density at radius 1 is 0.724 bits per heavy atom. The van der Waals surface area contributed by atoms with Crippen LogP contribution in [0.25, 0.3) is 11.1 Å². The smallest absolute Gasteiger partial charge is 0.0312 e. The molecule has 0 N–H and O–H groups in total. The maximum Gasteiger partial charge on any atom is 0.0312 e. The molecule has 1 nitrogen and oxygen atoms in total. The summed E-state index contributed by atoms with van der Waals surface area (Å²) in [5.41, 5.74) is 8.99. The topological polar surface area (TPSA) is 3.24 Å². The molecule has 0 saturated carbocycles. The van der Waals surface area contributed by atoms with E-state index in [9.17, 15) is 0 Å². The largest absolute Gasteiger partial charge is 0.289 e. The van der Waals surface area contributed by atoms with Crippen LogP contribution in [0, 0.1) is 0 Å². The number of nitrogens with zero attached hydrogens (tertiary/aromatic N) is 1. The maximum atomic E-state index is 2.77. The molecule has 1 fully saturated rings. The van der Waals surface area contributed by atoms with Gasteiger partial charge in [-0.3, -0.25) is 4.90 Å². The van der Waals surface area contributed by atoms with Gasteiger partial charge in [-0.05, 0) is 47.1 Å². The summed E-state index contributed by atoms with van der Waals surface area (Å²) in [5, 5.41) is 0. The highest BCUT2D eigenvalue weighted by molar-refractivity contribution is 5.80. The molecule has 6 rings (SSSR count). The molecule has 2 aliphatic heterocycles. The lowest BCUT2D eigenvalue weighted by molar-refractivity contribution is 0.0874. The SMILES string of the molecule is C1=C(C2c3ccccc3-c3ccccc32)CC2CCCC1N2Cc1ccccc1.